The lowest BCUT2D eigenvalue weighted by Gasteiger charge is -2.11. The summed E-state index contributed by atoms with van der Waals surface area (Å²) >= 11 is 0. The molecule has 5 heteroatoms. The summed E-state index contributed by atoms with van der Waals surface area (Å²) in [6.45, 7) is 3.31. The van der Waals surface area contributed by atoms with E-state index in [0.717, 1.165) is 31.6 Å². The highest BCUT2D eigenvalue weighted by molar-refractivity contribution is 5.92. The van der Waals surface area contributed by atoms with Crippen LogP contribution in [0, 0.1) is 5.92 Å². The molecule has 3 N–H and O–H groups in total. The van der Waals surface area contributed by atoms with Crippen molar-refractivity contribution in [1.29, 1.82) is 0 Å². The number of hydrogen-bond donors (Lipinski definition) is 2. The first-order valence-electron chi connectivity index (χ1n) is 6.31. The zero-order chi connectivity index (χ0) is 13.0. The molecule has 0 aromatic carbocycles. The van der Waals surface area contributed by atoms with E-state index in [1.54, 1.807) is 12.3 Å². The van der Waals surface area contributed by atoms with Gasteiger partial charge in [-0.25, -0.2) is 0 Å². The molecule has 2 rings (SSSR count). The number of amides is 1. The fourth-order valence-electron chi connectivity index (χ4n) is 2.25. The summed E-state index contributed by atoms with van der Waals surface area (Å²) < 4.78 is 0. The molecule has 1 aliphatic heterocycles. The Balaban J connectivity index is 1.87. The number of aromatic nitrogens is 1. The molecule has 1 aromatic rings. The molecule has 1 saturated heterocycles. The van der Waals surface area contributed by atoms with E-state index in [0.29, 0.717) is 18.2 Å². The van der Waals surface area contributed by atoms with Crippen LogP contribution in [0.2, 0.25) is 0 Å². The zero-order valence-corrected chi connectivity index (χ0v) is 10.7. The van der Waals surface area contributed by atoms with Crippen LogP contribution in [-0.4, -0.2) is 42.5 Å². The third-order valence-electron chi connectivity index (χ3n) is 3.33. The minimum atomic E-state index is -0.111. The smallest absolute Gasteiger partial charge is 0.269 e. The summed E-state index contributed by atoms with van der Waals surface area (Å²) in [7, 11) is 2.11. The summed E-state index contributed by atoms with van der Waals surface area (Å²) in [5.74, 6) is 0.441. The number of carbonyl (C=O) groups is 1. The van der Waals surface area contributed by atoms with Gasteiger partial charge in [0.15, 0.2) is 0 Å². The van der Waals surface area contributed by atoms with Crippen molar-refractivity contribution >= 4 is 5.91 Å². The predicted molar refractivity (Wildman–Crippen MR) is 70.1 cm³/mol. The molecule has 0 aliphatic carbocycles. The Morgan fingerprint density at radius 2 is 2.50 bits per heavy atom. The molecule has 1 amide bonds. The first-order chi connectivity index (χ1) is 8.69. The lowest BCUT2D eigenvalue weighted by atomic mass is 10.1. The first kappa shape index (κ1) is 13.0. The molecule has 18 heavy (non-hydrogen) atoms. The molecule has 1 aromatic heterocycles. The fraction of sp³-hybridized carbons (Fsp3) is 0.538. The maximum Gasteiger partial charge on any atom is 0.269 e. The largest absolute Gasteiger partial charge is 0.350 e. The van der Waals surface area contributed by atoms with E-state index in [2.05, 4.69) is 22.2 Å². The number of rotatable bonds is 4. The summed E-state index contributed by atoms with van der Waals surface area (Å²) in [5, 5.41) is 2.94. The maximum absolute atomic E-state index is 11.9. The lowest BCUT2D eigenvalue weighted by Crippen LogP contribution is -2.31. The van der Waals surface area contributed by atoms with Crippen LogP contribution < -0.4 is 11.1 Å². The molecule has 1 aliphatic rings. The Bertz CT molecular complexity index is 421. The first-order valence-corrected chi connectivity index (χ1v) is 6.31. The van der Waals surface area contributed by atoms with Crippen LogP contribution in [0.3, 0.4) is 0 Å². The second kappa shape index (κ2) is 5.93. The van der Waals surface area contributed by atoms with Gasteiger partial charge in [0.2, 0.25) is 0 Å². The molecule has 1 unspecified atom stereocenters. The molecule has 0 spiro atoms. The van der Waals surface area contributed by atoms with E-state index in [-0.39, 0.29) is 5.91 Å². The van der Waals surface area contributed by atoms with Crippen molar-refractivity contribution in [3.8, 4) is 0 Å². The van der Waals surface area contributed by atoms with Crippen LogP contribution in [0.4, 0.5) is 0 Å². The number of nitrogens with zero attached hydrogens (tertiary/aromatic N) is 2. The fourth-order valence-corrected chi connectivity index (χ4v) is 2.25. The van der Waals surface area contributed by atoms with Gasteiger partial charge in [-0.1, -0.05) is 0 Å². The number of nitrogens with one attached hydrogen (secondary N) is 1. The molecule has 0 saturated carbocycles. The standard InChI is InChI=1S/C13H20N4O/c1-17-5-3-11(9-17)8-16-13(18)12-6-10(7-14)2-4-15-12/h2,4,6,11H,3,5,7-9,14H2,1H3,(H,16,18). The van der Waals surface area contributed by atoms with Gasteiger partial charge in [-0.05, 0) is 43.6 Å². The van der Waals surface area contributed by atoms with Gasteiger partial charge in [-0.2, -0.15) is 0 Å². The highest BCUT2D eigenvalue weighted by Crippen LogP contribution is 2.13. The van der Waals surface area contributed by atoms with Crippen LogP contribution in [-0.2, 0) is 6.54 Å². The van der Waals surface area contributed by atoms with Crippen molar-refractivity contribution in [3.63, 3.8) is 0 Å². The second-order valence-electron chi connectivity index (χ2n) is 4.88. The Labute approximate surface area is 107 Å². The molecule has 0 radical (unpaired) electrons. The van der Waals surface area contributed by atoms with Crippen molar-refractivity contribution in [2.75, 3.05) is 26.7 Å². The van der Waals surface area contributed by atoms with Crippen LogP contribution in [0.5, 0.6) is 0 Å². The Morgan fingerprint density at radius 3 is 3.17 bits per heavy atom. The Hall–Kier alpha value is -1.46. The topological polar surface area (TPSA) is 71.2 Å². The van der Waals surface area contributed by atoms with Gasteiger partial charge in [0, 0.05) is 25.8 Å². The van der Waals surface area contributed by atoms with E-state index < -0.39 is 0 Å². The van der Waals surface area contributed by atoms with Gasteiger partial charge in [0.25, 0.3) is 5.91 Å². The van der Waals surface area contributed by atoms with Crippen molar-refractivity contribution in [3.05, 3.63) is 29.6 Å². The van der Waals surface area contributed by atoms with Gasteiger partial charge in [-0.3, -0.25) is 9.78 Å². The molecule has 5 nitrogen and oxygen atoms in total. The molecule has 98 valence electrons. The van der Waals surface area contributed by atoms with E-state index >= 15 is 0 Å². The maximum atomic E-state index is 11.9. The van der Waals surface area contributed by atoms with Crippen LogP contribution in [0.15, 0.2) is 18.3 Å². The summed E-state index contributed by atoms with van der Waals surface area (Å²) in [4.78, 5) is 18.3. The number of hydrogen-bond acceptors (Lipinski definition) is 4. The van der Waals surface area contributed by atoms with Gasteiger partial charge in [0.1, 0.15) is 5.69 Å². The van der Waals surface area contributed by atoms with Gasteiger partial charge in [0.05, 0.1) is 0 Å². The summed E-state index contributed by atoms with van der Waals surface area (Å²) in [6, 6.07) is 3.57. The van der Waals surface area contributed by atoms with E-state index in [4.69, 9.17) is 5.73 Å². The van der Waals surface area contributed by atoms with Crippen molar-refractivity contribution < 1.29 is 4.79 Å². The van der Waals surface area contributed by atoms with Crippen LogP contribution in [0.1, 0.15) is 22.5 Å². The lowest BCUT2D eigenvalue weighted by molar-refractivity contribution is 0.0942. The van der Waals surface area contributed by atoms with E-state index in [1.165, 1.54) is 0 Å². The summed E-state index contributed by atoms with van der Waals surface area (Å²) in [5.41, 5.74) is 6.92. The molecule has 1 fully saturated rings. The van der Waals surface area contributed by atoms with Crippen LogP contribution in [0.25, 0.3) is 0 Å². The Kier molecular flexibility index (Phi) is 4.28. The molecule has 1 atom stereocenters. The number of pyridine rings is 1. The average molecular weight is 248 g/mol. The third kappa shape index (κ3) is 3.27. The minimum absolute atomic E-state index is 0.111. The van der Waals surface area contributed by atoms with Gasteiger partial charge < -0.3 is 16.0 Å². The van der Waals surface area contributed by atoms with E-state index in [9.17, 15) is 4.79 Å². The van der Waals surface area contributed by atoms with Crippen LogP contribution >= 0.6 is 0 Å². The number of likely N-dealkylation sites (tertiary alicyclic amines) is 1. The SMILES string of the molecule is CN1CCC(CNC(=O)c2cc(CN)ccn2)C1. The van der Waals surface area contributed by atoms with Gasteiger partial charge in [-0.15, -0.1) is 0 Å². The second-order valence-corrected chi connectivity index (χ2v) is 4.88. The monoisotopic (exact) mass is 248 g/mol. The number of nitrogens with two attached hydrogens (primary N) is 1. The quantitative estimate of drug-likeness (QED) is 0.799. The minimum Gasteiger partial charge on any atom is -0.350 e. The average Bonchev–Trinajstić information content (AvgIpc) is 2.82. The van der Waals surface area contributed by atoms with E-state index in [1.807, 2.05) is 6.07 Å². The van der Waals surface area contributed by atoms with Crippen molar-refractivity contribution in [2.45, 2.75) is 13.0 Å². The highest BCUT2D eigenvalue weighted by atomic mass is 16.1. The third-order valence-corrected chi connectivity index (χ3v) is 3.33. The van der Waals surface area contributed by atoms with Crippen molar-refractivity contribution in [1.82, 2.24) is 15.2 Å². The molecule has 2 heterocycles. The van der Waals surface area contributed by atoms with Crippen molar-refractivity contribution in [2.24, 2.45) is 11.7 Å². The Morgan fingerprint density at radius 1 is 1.67 bits per heavy atom. The van der Waals surface area contributed by atoms with Gasteiger partial charge >= 0.3 is 0 Å². The highest BCUT2D eigenvalue weighted by Gasteiger charge is 2.20. The summed E-state index contributed by atoms with van der Waals surface area (Å²) in [6.07, 6.45) is 2.77. The predicted octanol–water partition coefficient (Wildman–Crippen LogP) is 0.222. The zero-order valence-electron chi connectivity index (χ0n) is 10.7. The number of carbonyl (C=O) groups excluding carboxylic acids is 1. The molecular formula is C13H20N4O. The molecule has 0 bridgehead atoms. The normalized spacial score (nSPS) is 20.0. The molecular weight excluding hydrogens is 228 g/mol.